The van der Waals surface area contributed by atoms with Crippen molar-refractivity contribution in [2.45, 2.75) is 17.2 Å². The first kappa shape index (κ1) is 16.1. The fraction of sp³-hybridized carbons (Fsp3) is 0.400. The summed E-state index contributed by atoms with van der Waals surface area (Å²) in [6, 6.07) is 5.37. The van der Waals surface area contributed by atoms with Gasteiger partial charge in [-0.15, -0.1) is 11.3 Å². The van der Waals surface area contributed by atoms with Crippen molar-refractivity contribution >= 4 is 51.0 Å². The third-order valence-corrected chi connectivity index (χ3v) is 5.86. The molecule has 0 saturated carbocycles. The second kappa shape index (κ2) is 6.76. The van der Waals surface area contributed by atoms with Gasteiger partial charge in [-0.05, 0) is 37.3 Å². The first-order chi connectivity index (χ1) is 11.1. The summed E-state index contributed by atoms with van der Waals surface area (Å²) in [4.78, 5) is 29.5. The molecule has 0 bridgehead atoms. The first-order valence-electron chi connectivity index (χ1n) is 7.30. The number of piperidine rings is 1. The lowest BCUT2D eigenvalue weighted by Crippen LogP contribution is -2.44. The summed E-state index contributed by atoms with van der Waals surface area (Å²) in [7, 11) is 0. The highest BCUT2D eigenvalue weighted by Crippen LogP contribution is 2.30. The molecule has 0 aliphatic carbocycles. The largest absolute Gasteiger partial charge is 0.481 e. The number of thiazole rings is 1. The van der Waals surface area contributed by atoms with Crippen molar-refractivity contribution in [1.29, 1.82) is 0 Å². The van der Waals surface area contributed by atoms with Crippen LogP contribution < -0.4 is 5.32 Å². The Balaban J connectivity index is 1.70. The Bertz CT molecular complexity index is 747. The van der Waals surface area contributed by atoms with Crippen LogP contribution in [0.5, 0.6) is 0 Å². The number of carboxylic acids is 1. The fourth-order valence-electron chi connectivity index (χ4n) is 2.63. The third kappa shape index (κ3) is 3.59. The molecule has 1 aromatic heterocycles. The van der Waals surface area contributed by atoms with Gasteiger partial charge in [0.25, 0.3) is 0 Å². The Morgan fingerprint density at radius 1 is 1.48 bits per heavy atom. The normalized spacial score (nSPS) is 18.1. The number of hydrogen-bond acceptors (Lipinski definition) is 5. The average molecular weight is 351 g/mol. The van der Waals surface area contributed by atoms with Gasteiger partial charge in [0.15, 0.2) is 4.34 Å². The number of fused-ring (bicyclic) bond motifs is 1. The Labute approximate surface area is 141 Å². The predicted molar refractivity (Wildman–Crippen MR) is 92.4 cm³/mol. The van der Waals surface area contributed by atoms with Crippen molar-refractivity contribution < 1.29 is 14.7 Å². The number of carboxylic acid groups (broad SMARTS) is 1. The zero-order valence-corrected chi connectivity index (χ0v) is 14.2. The van der Waals surface area contributed by atoms with Crippen LogP contribution in [0.2, 0.25) is 0 Å². The molecule has 1 fully saturated rings. The summed E-state index contributed by atoms with van der Waals surface area (Å²) >= 11 is 3.18. The molecule has 2 aromatic rings. The topological polar surface area (TPSA) is 82.5 Å². The van der Waals surface area contributed by atoms with Crippen LogP contribution in [-0.4, -0.2) is 46.3 Å². The van der Waals surface area contributed by atoms with E-state index in [0.29, 0.717) is 18.7 Å². The van der Waals surface area contributed by atoms with Crippen molar-refractivity contribution in [3.05, 3.63) is 18.2 Å². The lowest BCUT2D eigenvalue weighted by Gasteiger charge is -2.30. The Kier molecular flexibility index (Phi) is 4.72. The summed E-state index contributed by atoms with van der Waals surface area (Å²) in [5.41, 5.74) is 1.62. The van der Waals surface area contributed by atoms with Crippen LogP contribution in [0, 0.1) is 5.92 Å². The molecule has 122 valence electrons. The number of benzene rings is 1. The van der Waals surface area contributed by atoms with Crippen molar-refractivity contribution in [3.8, 4) is 0 Å². The number of anilines is 1. The van der Waals surface area contributed by atoms with E-state index in [-0.39, 0.29) is 12.6 Å². The highest BCUT2D eigenvalue weighted by atomic mass is 32.2. The van der Waals surface area contributed by atoms with E-state index in [9.17, 15) is 9.59 Å². The molecule has 6 nitrogen and oxygen atoms in total. The van der Waals surface area contributed by atoms with Gasteiger partial charge in [0.2, 0.25) is 0 Å². The van der Waals surface area contributed by atoms with Crippen LogP contribution in [0.1, 0.15) is 12.8 Å². The van der Waals surface area contributed by atoms with Gasteiger partial charge in [-0.1, -0.05) is 11.8 Å². The van der Waals surface area contributed by atoms with E-state index in [0.717, 1.165) is 21.0 Å². The van der Waals surface area contributed by atoms with Crippen LogP contribution >= 0.6 is 23.1 Å². The summed E-state index contributed by atoms with van der Waals surface area (Å²) in [6.45, 7) is 0.857. The van der Waals surface area contributed by atoms with E-state index in [4.69, 9.17) is 5.11 Å². The highest BCUT2D eigenvalue weighted by Gasteiger charge is 2.28. The highest BCUT2D eigenvalue weighted by molar-refractivity contribution is 8.00. The molecular weight excluding hydrogens is 334 g/mol. The summed E-state index contributed by atoms with van der Waals surface area (Å²) in [6.07, 6.45) is 3.33. The number of likely N-dealkylation sites (tertiary alicyclic amines) is 1. The minimum atomic E-state index is -0.835. The molecule has 1 aliphatic heterocycles. The van der Waals surface area contributed by atoms with Gasteiger partial charge in [0.05, 0.1) is 16.1 Å². The first-order valence-corrected chi connectivity index (χ1v) is 9.34. The average Bonchev–Trinajstić information content (AvgIpc) is 2.97. The van der Waals surface area contributed by atoms with Crippen molar-refractivity contribution in [3.63, 3.8) is 0 Å². The smallest absolute Gasteiger partial charge is 0.321 e. The number of carbonyl (C=O) groups excluding carboxylic acids is 1. The second-order valence-electron chi connectivity index (χ2n) is 5.42. The molecule has 1 saturated heterocycles. The molecule has 1 aliphatic rings. The SMILES string of the molecule is CSc1nc2ccc(NC(=O)N3CCCC(C(=O)O)C3)cc2s1. The van der Waals surface area contributed by atoms with Crippen LogP contribution in [-0.2, 0) is 4.79 Å². The Morgan fingerprint density at radius 3 is 3.04 bits per heavy atom. The number of carbonyl (C=O) groups is 2. The summed E-state index contributed by atoms with van der Waals surface area (Å²) < 4.78 is 2.01. The Hall–Kier alpha value is -1.80. The molecular formula is C15H17N3O3S2. The second-order valence-corrected chi connectivity index (χ2v) is 7.50. The van der Waals surface area contributed by atoms with Gasteiger partial charge in [0, 0.05) is 18.8 Å². The fourth-order valence-corrected chi connectivity index (χ4v) is 4.16. The number of hydrogen-bond donors (Lipinski definition) is 2. The third-order valence-electron chi connectivity index (χ3n) is 3.85. The number of aromatic nitrogens is 1. The van der Waals surface area contributed by atoms with E-state index in [2.05, 4.69) is 10.3 Å². The van der Waals surface area contributed by atoms with Crippen molar-refractivity contribution in [1.82, 2.24) is 9.88 Å². The molecule has 0 radical (unpaired) electrons. The number of thioether (sulfide) groups is 1. The maximum atomic E-state index is 12.3. The predicted octanol–water partition coefficient (Wildman–Crippen LogP) is 3.35. The van der Waals surface area contributed by atoms with E-state index >= 15 is 0 Å². The number of aliphatic carboxylic acids is 1. The van der Waals surface area contributed by atoms with Crippen LogP contribution in [0.15, 0.2) is 22.5 Å². The van der Waals surface area contributed by atoms with Gasteiger partial charge in [0.1, 0.15) is 0 Å². The maximum absolute atomic E-state index is 12.3. The molecule has 1 atom stereocenters. The number of urea groups is 1. The molecule has 3 rings (SSSR count). The van der Waals surface area contributed by atoms with Crippen molar-refractivity contribution in [2.75, 3.05) is 24.7 Å². The molecule has 1 aromatic carbocycles. The molecule has 2 N–H and O–H groups in total. The standard InChI is InChI=1S/C15H17N3O3S2/c1-22-15-17-11-5-4-10(7-12(11)23-15)16-14(21)18-6-2-3-9(8-18)13(19)20/h4-5,7,9H,2-3,6,8H2,1H3,(H,16,21)(H,19,20). The monoisotopic (exact) mass is 351 g/mol. The molecule has 1 unspecified atom stereocenters. The molecule has 2 heterocycles. The molecule has 0 spiro atoms. The van der Waals surface area contributed by atoms with E-state index in [1.165, 1.54) is 0 Å². The van der Waals surface area contributed by atoms with Crippen molar-refractivity contribution in [2.24, 2.45) is 5.92 Å². The lowest BCUT2D eigenvalue weighted by molar-refractivity contribution is -0.143. The number of nitrogens with zero attached hydrogens (tertiary/aromatic N) is 2. The number of amides is 2. The van der Waals surface area contributed by atoms with Gasteiger partial charge >= 0.3 is 12.0 Å². The Morgan fingerprint density at radius 2 is 2.30 bits per heavy atom. The number of nitrogens with one attached hydrogen (secondary N) is 1. The van der Waals surface area contributed by atoms with E-state index in [1.54, 1.807) is 28.0 Å². The van der Waals surface area contributed by atoms with Gasteiger partial charge in [-0.2, -0.15) is 0 Å². The van der Waals surface area contributed by atoms with Crippen LogP contribution in [0.4, 0.5) is 10.5 Å². The quantitative estimate of drug-likeness (QED) is 0.829. The van der Waals surface area contributed by atoms with Gasteiger partial charge in [-0.25, -0.2) is 9.78 Å². The molecule has 2 amide bonds. The molecule has 8 heteroatoms. The van der Waals surface area contributed by atoms with Gasteiger partial charge < -0.3 is 15.3 Å². The van der Waals surface area contributed by atoms with E-state index < -0.39 is 11.9 Å². The van der Waals surface area contributed by atoms with E-state index in [1.807, 2.05) is 24.5 Å². The van der Waals surface area contributed by atoms with Crippen LogP contribution in [0.3, 0.4) is 0 Å². The minimum Gasteiger partial charge on any atom is -0.481 e. The summed E-state index contributed by atoms with van der Waals surface area (Å²) in [5.74, 6) is -1.30. The summed E-state index contributed by atoms with van der Waals surface area (Å²) in [5, 5.41) is 12.0. The molecule has 23 heavy (non-hydrogen) atoms. The zero-order valence-electron chi connectivity index (χ0n) is 12.6. The zero-order chi connectivity index (χ0) is 16.4. The lowest BCUT2D eigenvalue weighted by atomic mass is 9.99. The number of rotatable bonds is 3. The van der Waals surface area contributed by atoms with Crippen LogP contribution in [0.25, 0.3) is 10.2 Å². The minimum absolute atomic E-state index is 0.245. The maximum Gasteiger partial charge on any atom is 0.321 e. The van der Waals surface area contributed by atoms with Gasteiger partial charge in [-0.3, -0.25) is 4.79 Å².